The molecule has 0 aromatic heterocycles. The number of amides is 2. The van der Waals surface area contributed by atoms with E-state index in [2.05, 4.69) is 77.3 Å². The maximum absolute atomic E-state index is 13.6. The molecule has 0 saturated carbocycles. The molecule has 92 heavy (non-hydrogen) atoms. The minimum absolute atomic E-state index is 0.0402. The van der Waals surface area contributed by atoms with Gasteiger partial charge in [0.1, 0.15) is 0 Å². The lowest BCUT2D eigenvalue weighted by atomic mass is 9.77. The predicted octanol–water partition coefficient (Wildman–Crippen LogP) is 17.9. The molecular formula is C73H113F8N5O6. The number of carbonyl (C=O) groups is 2. The summed E-state index contributed by atoms with van der Waals surface area (Å²) in [6.45, 7) is 42.7. The summed E-state index contributed by atoms with van der Waals surface area (Å²) in [4.78, 5) is 31.4. The minimum atomic E-state index is -4.32. The number of carbonyl (C=O) groups excluding carboxylic acids is 2. The van der Waals surface area contributed by atoms with Gasteiger partial charge in [-0.3, -0.25) is 9.80 Å². The van der Waals surface area contributed by atoms with Gasteiger partial charge in [-0.25, -0.2) is 18.4 Å². The van der Waals surface area contributed by atoms with E-state index in [0.717, 1.165) is 93.4 Å². The number of methoxy groups -OCH3 is 1. The van der Waals surface area contributed by atoms with Crippen molar-refractivity contribution in [2.24, 2.45) is 11.7 Å². The average molecular weight is 1310 g/mol. The van der Waals surface area contributed by atoms with E-state index in [9.17, 15) is 49.8 Å². The first-order chi connectivity index (χ1) is 42.4. The van der Waals surface area contributed by atoms with Gasteiger partial charge in [-0.05, 0) is 164 Å². The van der Waals surface area contributed by atoms with E-state index in [1.807, 2.05) is 73.6 Å². The van der Waals surface area contributed by atoms with Crippen molar-refractivity contribution in [3.05, 3.63) is 141 Å². The molecule has 2 amide bonds. The van der Waals surface area contributed by atoms with Gasteiger partial charge in [0.25, 0.3) is 5.92 Å². The third-order valence-electron chi connectivity index (χ3n) is 16.8. The Morgan fingerprint density at radius 1 is 0.565 bits per heavy atom. The zero-order valence-electron chi connectivity index (χ0n) is 58.9. The molecule has 3 aromatic carbocycles. The fraction of sp³-hybridized carbons (Fsp3) is 0.644. The van der Waals surface area contributed by atoms with Crippen LogP contribution >= 0.6 is 0 Å². The van der Waals surface area contributed by atoms with Gasteiger partial charge in [0.15, 0.2) is 0 Å². The number of alkyl halides is 8. The number of rotatable bonds is 23. The van der Waals surface area contributed by atoms with E-state index in [1.54, 1.807) is 36.0 Å². The Labute approximate surface area is 547 Å². The van der Waals surface area contributed by atoms with Gasteiger partial charge in [-0.15, -0.1) is 0 Å². The van der Waals surface area contributed by atoms with Gasteiger partial charge in [0.2, 0.25) is 0 Å². The van der Waals surface area contributed by atoms with Gasteiger partial charge in [-0.1, -0.05) is 139 Å². The molecule has 0 radical (unpaired) electrons. The summed E-state index contributed by atoms with van der Waals surface area (Å²) in [6.07, 6.45) is 1.82. The molecule has 2 saturated heterocycles. The third-order valence-corrected chi connectivity index (χ3v) is 16.8. The summed E-state index contributed by atoms with van der Waals surface area (Å²) in [7, 11) is 1.65. The highest BCUT2D eigenvalue weighted by atomic mass is 19.4. The number of ether oxygens (including phenoxy) is 3. The number of halogens is 8. The standard InChI is InChI=1S/C26H40F2N2O2.C24H36F3NO2.C16H22F3N.C7H15NO2/c1-19(2)16-23(29-12-14-30(15-13-29)24(31)32-18-20(3)4)17-25(5,6)21-8-10-22(11-9-21)26(7,27)28;1-18(2)16-21(28-13-10-23(29,11-14-28)12-15-30-5)17-22(3,4)19-6-8-20(9-7-19)24(25,26)27;1-11(2)9-14(20)10-15(3,4)12-5-7-13(8-6-12)16(17,18)19;1-4-8(5-2)7(9)10-6-3/h8-11,16,20,23H,12-15,17-18H2,1-7H3;6-9,16,21,29H,10-15,17H2,1-5H3;5-9,14H,10,20H2,1-4H3;4-6H2,1-3H3. The van der Waals surface area contributed by atoms with Crippen molar-refractivity contribution in [1.29, 1.82) is 0 Å². The number of piperazine rings is 1. The third kappa shape index (κ3) is 29.1. The highest BCUT2D eigenvalue weighted by Gasteiger charge is 2.38. The van der Waals surface area contributed by atoms with Crippen LogP contribution in [-0.4, -0.2) is 140 Å². The Hall–Kier alpha value is -5.34. The van der Waals surface area contributed by atoms with Crippen LogP contribution in [0.2, 0.25) is 0 Å². The molecule has 2 fully saturated rings. The van der Waals surface area contributed by atoms with Crippen LogP contribution in [0.15, 0.2) is 108 Å². The number of nitrogens with two attached hydrogens (primary N) is 1. The molecular weight excluding hydrogens is 1190 g/mol. The Morgan fingerprint density at radius 2 is 0.924 bits per heavy atom. The van der Waals surface area contributed by atoms with Gasteiger partial charge in [0, 0.05) is 96.7 Å². The molecule has 3 atom stereocenters. The lowest BCUT2D eigenvalue weighted by molar-refractivity contribution is -0.138. The number of benzene rings is 3. The zero-order valence-corrected chi connectivity index (χ0v) is 58.9. The summed E-state index contributed by atoms with van der Waals surface area (Å²) in [5.41, 5.74) is 9.83. The van der Waals surface area contributed by atoms with Crippen LogP contribution in [-0.2, 0) is 48.7 Å². The van der Waals surface area contributed by atoms with Crippen molar-refractivity contribution in [1.82, 2.24) is 19.6 Å². The number of likely N-dealkylation sites (tertiary alicyclic amines) is 1. The number of hydrogen-bond donors (Lipinski definition) is 2. The van der Waals surface area contributed by atoms with Gasteiger partial charge in [0.05, 0.1) is 29.9 Å². The molecule has 522 valence electrons. The highest BCUT2D eigenvalue weighted by molar-refractivity contribution is 5.68. The SMILES string of the molecule is CC(C)=CC(CC(C)(C)c1ccc(C(C)(F)F)cc1)N1CCN(C(=O)OCC(C)C)CC1.CC(C)=CC(N)CC(C)(C)c1ccc(C(F)(F)F)cc1.CCOC(=O)N(CC)CC.COCCC1(O)CCN(C(C=C(C)C)CC(C)(C)c2ccc(C(F)(F)F)cc2)CC1. The Morgan fingerprint density at radius 3 is 1.25 bits per heavy atom. The largest absolute Gasteiger partial charge is 0.450 e. The van der Waals surface area contributed by atoms with Crippen LogP contribution in [0.25, 0.3) is 0 Å². The van der Waals surface area contributed by atoms with Crippen LogP contribution in [0.4, 0.5) is 44.7 Å². The topological polar surface area (TPSA) is 121 Å². The van der Waals surface area contributed by atoms with Crippen molar-refractivity contribution in [2.75, 3.05) is 79.3 Å². The number of aliphatic hydroxyl groups is 1. The fourth-order valence-corrected chi connectivity index (χ4v) is 11.3. The molecule has 3 aromatic rings. The molecule has 11 nitrogen and oxygen atoms in total. The maximum Gasteiger partial charge on any atom is 0.416 e. The lowest BCUT2D eigenvalue weighted by Gasteiger charge is -2.43. The van der Waals surface area contributed by atoms with Gasteiger partial charge in [-0.2, -0.15) is 26.3 Å². The quantitative estimate of drug-likeness (QED) is 0.0706. The summed E-state index contributed by atoms with van der Waals surface area (Å²) < 4.78 is 119. The Balaban J connectivity index is 0.000000446. The first kappa shape index (κ1) is 82.8. The molecule has 5 rings (SSSR count). The summed E-state index contributed by atoms with van der Waals surface area (Å²) in [5.74, 6) is -2.51. The second-order valence-electron chi connectivity index (χ2n) is 27.8. The van der Waals surface area contributed by atoms with Crippen LogP contribution < -0.4 is 5.73 Å². The molecule has 3 N–H and O–H groups in total. The van der Waals surface area contributed by atoms with Crippen molar-refractivity contribution >= 4 is 12.2 Å². The lowest BCUT2D eigenvalue weighted by Crippen LogP contribution is -2.52. The highest BCUT2D eigenvalue weighted by Crippen LogP contribution is 2.38. The van der Waals surface area contributed by atoms with E-state index < -0.39 is 35.0 Å². The van der Waals surface area contributed by atoms with Crippen molar-refractivity contribution in [3.8, 4) is 0 Å². The van der Waals surface area contributed by atoms with E-state index in [1.165, 1.54) is 47.5 Å². The van der Waals surface area contributed by atoms with Gasteiger partial charge >= 0.3 is 24.5 Å². The van der Waals surface area contributed by atoms with E-state index in [0.29, 0.717) is 64.5 Å². The van der Waals surface area contributed by atoms with Crippen LogP contribution in [0.3, 0.4) is 0 Å². The molecule has 3 unspecified atom stereocenters. The number of nitrogens with zero attached hydrogens (tertiary/aromatic N) is 4. The first-order valence-corrected chi connectivity index (χ1v) is 32.5. The molecule has 0 aliphatic carbocycles. The second-order valence-corrected chi connectivity index (χ2v) is 27.8. The first-order valence-electron chi connectivity index (χ1n) is 32.5. The van der Waals surface area contributed by atoms with Crippen LogP contribution in [0, 0.1) is 5.92 Å². The maximum atomic E-state index is 13.6. The van der Waals surface area contributed by atoms with E-state index in [-0.39, 0.29) is 52.1 Å². The number of piperidine rings is 1. The Kier molecular flexibility index (Phi) is 33.4. The van der Waals surface area contributed by atoms with Crippen molar-refractivity contribution < 1.29 is 64.0 Å². The minimum Gasteiger partial charge on any atom is -0.450 e. The van der Waals surface area contributed by atoms with Gasteiger partial charge < -0.3 is 34.9 Å². The second kappa shape index (κ2) is 37.1. The molecule has 2 heterocycles. The summed E-state index contributed by atoms with van der Waals surface area (Å²) in [6, 6.07) is 17.9. The molecule has 0 spiro atoms. The molecule has 19 heteroatoms. The van der Waals surface area contributed by atoms with Crippen LogP contribution in [0.1, 0.15) is 197 Å². The van der Waals surface area contributed by atoms with Crippen molar-refractivity contribution in [3.63, 3.8) is 0 Å². The average Bonchev–Trinajstić information content (AvgIpc) is 0.879. The molecule has 2 aliphatic rings. The normalized spacial score (nSPS) is 16.0. The fourth-order valence-electron chi connectivity index (χ4n) is 11.3. The van der Waals surface area contributed by atoms with E-state index in [4.69, 9.17) is 19.9 Å². The summed E-state index contributed by atoms with van der Waals surface area (Å²) in [5, 5.41) is 10.8. The predicted molar refractivity (Wildman–Crippen MR) is 357 cm³/mol. The van der Waals surface area contributed by atoms with Crippen LogP contribution in [0.5, 0.6) is 0 Å². The van der Waals surface area contributed by atoms with E-state index >= 15 is 0 Å². The zero-order chi connectivity index (χ0) is 70.2. The summed E-state index contributed by atoms with van der Waals surface area (Å²) >= 11 is 0. The van der Waals surface area contributed by atoms with Crippen molar-refractivity contribution in [2.45, 2.75) is 221 Å². The smallest absolute Gasteiger partial charge is 0.416 e. The molecule has 2 aliphatic heterocycles. The Bertz CT molecular complexity index is 2720. The monoisotopic (exact) mass is 1310 g/mol. The number of hydrogen-bond acceptors (Lipinski definition) is 9. The molecule has 0 bridgehead atoms. The number of allylic oxidation sites excluding steroid dienone is 3.